The Morgan fingerprint density at radius 3 is 2.68 bits per heavy atom. The van der Waals surface area contributed by atoms with E-state index in [0.717, 1.165) is 35.2 Å². The molecule has 28 heavy (non-hydrogen) atoms. The molecule has 2 aromatic carbocycles. The standard InChI is InChI=1S/C23H25BrN2O2/c1-15-4-6-16(7-5-15)19-13-20-18-12-17(24)8-9-21(18)28-23(26(20)25-19)10-11-27-22(2,3)14-23/h4-9,12,20H,10-11,13-14H2,1-3H3/t20-,23+/m0/s1. The average molecular weight is 441 g/mol. The lowest BCUT2D eigenvalue weighted by atomic mass is 9.86. The van der Waals surface area contributed by atoms with Crippen LogP contribution in [0.3, 0.4) is 0 Å². The first-order chi connectivity index (χ1) is 13.4. The number of fused-ring (bicyclic) bond motifs is 4. The maximum Gasteiger partial charge on any atom is 0.203 e. The SMILES string of the molecule is Cc1ccc(C2=NN3[C@@H](C2)c2cc(Br)ccc2O[C@@]32CCOC(C)(C)C2)cc1. The Labute approximate surface area is 174 Å². The van der Waals surface area contributed by atoms with Crippen molar-refractivity contribution in [2.24, 2.45) is 5.10 Å². The van der Waals surface area contributed by atoms with E-state index in [4.69, 9.17) is 14.6 Å². The molecule has 2 atom stereocenters. The van der Waals surface area contributed by atoms with E-state index in [2.05, 4.69) is 84.2 Å². The van der Waals surface area contributed by atoms with Crippen LogP contribution in [0, 0.1) is 6.92 Å². The van der Waals surface area contributed by atoms with Crippen molar-refractivity contribution in [1.82, 2.24) is 5.01 Å². The molecule has 0 aromatic heterocycles. The van der Waals surface area contributed by atoms with Gasteiger partial charge in [-0.25, -0.2) is 5.01 Å². The molecule has 1 saturated heterocycles. The lowest BCUT2D eigenvalue weighted by molar-refractivity contribution is -0.212. The van der Waals surface area contributed by atoms with Crippen LogP contribution in [-0.2, 0) is 4.74 Å². The Morgan fingerprint density at radius 1 is 1.14 bits per heavy atom. The number of rotatable bonds is 1. The van der Waals surface area contributed by atoms with Crippen molar-refractivity contribution in [3.63, 3.8) is 0 Å². The summed E-state index contributed by atoms with van der Waals surface area (Å²) in [7, 11) is 0. The fraction of sp³-hybridized carbons (Fsp3) is 0.435. The van der Waals surface area contributed by atoms with Crippen molar-refractivity contribution in [3.8, 4) is 5.75 Å². The van der Waals surface area contributed by atoms with Gasteiger partial charge in [-0.2, -0.15) is 5.10 Å². The first-order valence-electron chi connectivity index (χ1n) is 9.92. The summed E-state index contributed by atoms with van der Waals surface area (Å²) in [5.41, 5.74) is 4.09. The molecule has 146 valence electrons. The molecule has 0 amide bonds. The zero-order valence-corrected chi connectivity index (χ0v) is 18.1. The topological polar surface area (TPSA) is 34.1 Å². The molecule has 2 aromatic rings. The van der Waals surface area contributed by atoms with Crippen LogP contribution < -0.4 is 4.74 Å². The summed E-state index contributed by atoms with van der Waals surface area (Å²) in [5, 5.41) is 7.37. The van der Waals surface area contributed by atoms with Crippen LogP contribution in [0.25, 0.3) is 0 Å². The van der Waals surface area contributed by atoms with E-state index < -0.39 is 5.72 Å². The molecule has 1 spiro atoms. The Morgan fingerprint density at radius 2 is 1.93 bits per heavy atom. The average Bonchev–Trinajstić information content (AvgIpc) is 3.09. The third-order valence-electron chi connectivity index (χ3n) is 6.03. The number of hydrogen-bond donors (Lipinski definition) is 0. The maximum absolute atomic E-state index is 6.69. The predicted octanol–water partition coefficient (Wildman–Crippen LogP) is 5.59. The van der Waals surface area contributed by atoms with Gasteiger partial charge in [-0.15, -0.1) is 0 Å². The second-order valence-corrected chi connectivity index (χ2v) is 9.66. The van der Waals surface area contributed by atoms with Gasteiger partial charge in [0.05, 0.1) is 24.0 Å². The normalized spacial score (nSPS) is 27.8. The molecule has 1 fully saturated rings. The second kappa shape index (κ2) is 6.33. The minimum Gasteiger partial charge on any atom is -0.466 e. The van der Waals surface area contributed by atoms with Crippen LogP contribution in [-0.4, -0.2) is 28.7 Å². The zero-order valence-electron chi connectivity index (χ0n) is 16.5. The Balaban J connectivity index is 1.61. The molecule has 4 nitrogen and oxygen atoms in total. The van der Waals surface area contributed by atoms with Gasteiger partial charge in [0.25, 0.3) is 0 Å². The molecule has 0 aliphatic carbocycles. The number of nitrogens with zero attached hydrogens (tertiary/aromatic N) is 2. The van der Waals surface area contributed by atoms with Gasteiger partial charge in [0.15, 0.2) is 0 Å². The minimum absolute atomic E-state index is 0.187. The number of hydrogen-bond acceptors (Lipinski definition) is 4. The third kappa shape index (κ3) is 2.96. The van der Waals surface area contributed by atoms with Gasteiger partial charge in [-0.3, -0.25) is 0 Å². The van der Waals surface area contributed by atoms with E-state index in [-0.39, 0.29) is 11.6 Å². The zero-order chi connectivity index (χ0) is 19.5. The van der Waals surface area contributed by atoms with Gasteiger partial charge < -0.3 is 9.47 Å². The summed E-state index contributed by atoms with van der Waals surface area (Å²) in [6.45, 7) is 7.08. The molecule has 0 radical (unpaired) electrons. The van der Waals surface area contributed by atoms with E-state index >= 15 is 0 Å². The molecular formula is C23H25BrN2O2. The quantitative estimate of drug-likeness (QED) is 0.579. The fourth-order valence-electron chi connectivity index (χ4n) is 4.75. The van der Waals surface area contributed by atoms with E-state index in [1.165, 1.54) is 16.7 Å². The van der Waals surface area contributed by atoms with E-state index in [9.17, 15) is 0 Å². The molecule has 3 heterocycles. The number of ether oxygens (including phenoxy) is 2. The van der Waals surface area contributed by atoms with Crippen molar-refractivity contribution in [2.75, 3.05) is 6.61 Å². The second-order valence-electron chi connectivity index (χ2n) is 8.74. The van der Waals surface area contributed by atoms with Crippen molar-refractivity contribution in [1.29, 1.82) is 0 Å². The number of benzene rings is 2. The molecule has 3 aliphatic rings. The highest BCUT2D eigenvalue weighted by Gasteiger charge is 2.54. The molecule has 5 rings (SSSR count). The van der Waals surface area contributed by atoms with Crippen LogP contribution in [0.5, 0.6) is 5.75 Å². The van der Waals surface area contributed by atoms with Crippen LogP contribution >= 0.6 is 15.9 Å². The van der Waals surface area contributed by atoms with Crippen molar-refractivity contribution < 1.29 is 9.47 Å². The first-order valence-corrected chi connectivity index (χ1v) is 10.7. The van der Waals surface area contributed by atoms with Gasteiger partial charge in [-0.05, 0) is 44.5 Å². The van der Waals surface area contributed by atoms with Gasteiger partial charge in [-0.1, -0.05) is 45.8 Å². The fourth-order valence-corrected chi connectivity index (χ4v) is 5.13. The Hall–Kier alpha value is -1.85. The van der Waals surface area contributed by atoms with E-state index in [0.29, 0.717) is 6.61 Å². The van der Waals surface area contributed by atoms with Crippen LogP contribution in [0.2, 0.25) is 0 Å². The largest absolute Gasteiger partial charge is 0.466 e. The van der Waals surface area contributed by atoms with Gasteiger partial charge in [0, 0.05) is 29.3 Å². The Bertz CT molecular complexity index is 954. The molecule has 0 unspecified atom stereocenters. The van der Waals surface area contributed by atoms with Crippen LogP contribution in [0.15, 0.2) is 52.0 Å². The van der Waals surface area contributed by atoms with Crippen molar-refractivity contribution >= 4 is 21.6 Å². The summed E-state index contributed by atoms with van der Waals surface area (Å²) in [4.78, 5) is 0. The van der Waals surface area contributed by atoms with Gasteiger partial charge >= 0.3 is 0 Å². The smallest absolute Gasteiger partial charge is 0.203 e. The van der Waals surface area contributed by atoms with Crippen molar-refractivity contribution in [2.45, 2.75) is 57.4 Å². The number of halogens is 1. The van der Waals surface area contributed by atoms with E-state index in [1.807, 2.05) is 0 Å². The van der Waals surface area contributed by atoms with E-state index in [1.54, 1.807) is 0 Å². The summed E-state index contributed by atoms with van der Waals surface area (Å²) in [5.74, 6) is 0.975. The van der Waals surface area contributed by atoms with Crippen LogP contribution in [0.4, 0.5) is 0 Å². The summed E-state index contributed by atoms with van der Waals surface area (Å²) >= 11 is 3.63. The first kappa shape index (κ1) is 18.2. The molecule has 0 saturated carbocycles. The third-order valence-corrected chi connectivity index (χ3v) is 6.52. The summed E-state index contributed by atoms with van der Waals surface area (Å²) < 4.78 is 13.8. The Kier molecular flexibility index (Phi) is 4.11. The molecule has 5 heteroatoms. The van der Waals surface area contributed by atoms with Gasteiger partial charge in [0.2, 0.25) is 5.72 Å². The van der Waals surface area contributed by atoms with Gasteiger partial charge in [0.1, 0.15) is 5.75 Å². The summed E-state index contributed by atoms with van der Waals surface area (Å²) in [6.07, 6.45) is 2.49. The lowest BCUT2D eigenvalue weighted by Gasteiger charge is -2.52. The highest BCUT2D eigenvalue weighted by molar-refractivity contribution is 9.10. The lowest BCUT2D eigenvalue weighted by Crippen LogP contribution is -2.60. The molecule has 3 aliphatic heterocycles. The van der Waals surface area contributed by atoms with Crippen LogP contribution in [0.1, 0.15) is 55.8 Å². The predicted molar refractivity (Wildman–Crippen MR) is 114 cm³/mol. The minimum atomic E-state index is -0.459. The summed E-state index contributed by atoms with van der Waals surface area (Å²) in [6, 6.07) is 15.2. The monoisotopic (exact) mass is 440 g/mol. The number of aryl methyl sites for hydroxylation is 1. The highest BCUT2D eigenvalue weighted by atomic mass is 79.9. The molecule has 0 bridgehead atoms. The van der Waals surface area contributed by atoms with Crippen molar-refractivity contribution in [3.05, 3.63) is 63.6 Å². The molecule has 0 N–H and O–H groups in total. The highest BCUT2D eigenvalue weighted by Crippen LogP contribution is 2.52. The maximum atomic E-state index is 6.69. The number of hydrazone groups is 1. The molecular weight excluding hydrogens is 416 g/mol.